The summed E-state index contributed by atoms with van der Waals surface area (Å²) in [6, 6.07) is 14.6. The van der Waals surface area contributed by atoms with Crippen LogP contribution in [0.2, 0.25) is 0 Å². The molecule has 3 aromatic rings. The number of aliphatic hydroxyl groups is 1. The minimum absolute atomic E-state index is 0.105. The zero-order valence-corrected chi connectivity index (χ0v) is 19.8. The van der Waals surface area contributed by atoms with Gasteiger partial charge in [0.15, 0.2) is 11.6 Å². The maximum atomic E-state index is 13.8. The average molecular weight is 468 g/mol. The second-order valence-electron chi connectivity index (χ2n) is 9.20. The Balaban J connectivity index is 1.19. The first-order chi connectivity index (χ1) is 16.5. The Labute approximate surface area is 200 Å². The second-order valence-corrected chi connectivity index (χ2v) is 9.20. The molecule has 7 heteroatoms. The van der Waals surface area contributed by atoms with E-state index in [1.165, 1.54) is 17.2 Å². The van der Waals surface area contributed by atoms with E-state index in [4.69, 9.17) is 9.47 Å². The first-order valence-corrected chi connectivity index (χ1v) is 12.0. The van der Waals surface area contributed by atoms with Gasteiger partial charge in [0.1, 0.15) is 12.4 Å². The molecule has 34 heavy (non-hydrogen) atoms. The summed E-state index contributed by atoms with van der Waals surface area (Å²) in [6.07, 6.45) is 6.91. The molecule has 6 nitrogen and oxygen atoms in total. The number of rotatable bonds is 10. The Kier molecular flexibility index (Phi) is 8.19. The van der Waals surface area contributed by atoms with Crippen molar-refractivity contribution in [2.45, 2.75) is 51.3 Å². The average Bonchev–Trinajstić information content (AvgIpc) is 3.16. The number of ether oxygens (including phenoxy) is 2. The van der Waals surface area contributed by atoms with E-state index in [1.807, 2.05) is 36.1 Å². The van der Waals surface area contributed by atoms with Crippen molar-refractivity contribution in [3.05, 3.63) is 77.9 Å². The third-order valence-corrected chi connectivity index (χ3v) is 6.24. The molecule has 1 unspecified atom stereocenters. The maximum absolute atomic E-state index is 13.8. The molecular weight excluding hydrogens is 433 g/mol. The van der Waals surface area contributed by atoms with Crippen LogP contribution < -0.4 is 9.47 Å². The zero-order chi connectivity index (χ0) is 23.8. The van der Waals surface area contributed by atoms with Gasteiger partial charge in [-0.25, -0.2) is 4.39 Å². The highest BCUT2D eigenvalue weighted by molar-refractivity contribution is 5.27. The first kappa shape index (κ1) is 24.2. The van der Waals surface area contributed by atoms with Crippen molar-refractivity contribution in [2.75, 3.05) is 26.3 Å². The number of halogens is 1. The number of hydrogen-bond donors (Lipinski definition) is 1. The largest absolute Gasteiger partial charge is 0.494 e. The standard InChI is InChI=1S/C27H34FN3O3/c1-22-18-29-31(19-22)15-5-17-33-24-10-8-23(9-11-24)20-30-14-4-12-27(32,13-16-30)21-34-26-7-3-2-6-25(26)28/h2-3,6-11,18-19,32H,4-5,12-17,20-21H2,1H3. The van der Waals surface area contributed by atoms with Crippen LogP contribution in [0.4, 0.5) is 4.39 Å². The van der Waals surface area contributed by atoms with Gasteiger partial charge in [-0.1, -0.05) is 24.3 Å². The lowest BCUT2D eigenvalue weighted by Crippen LogP contribution is -2.37. The summed E-state index contributed by atoms with van der Waals surface area (Å²) in [6.45, 7) is 6.14. The molecule has 1 aliphatic rings. The normalized spacial score (nSPS) is 19.0. The Bertz CT molecular complexity index is 1040. The first-order valence-electron chi connectivity index (χ1n) is 12.0. The molecule has 1 aromatic heterocycles. The fraction of sp³-hybridized carbons (Fsp3) is 0.444. The Morgan fingerprint density at radius 2 is 1.88 bits per heavy atom. The SMILES string of the molecule is Cc1cnn(CCCOc2ccc(CN3CCCC(O)(COc4ccccc4F)CC3)cc2)c1. The summed E-state index contributed by atoms with van der Waals surface area (Å²) in [5.41, 5.74) is 1.44. The lowest BCUT2D eigenvalue weighted by Gasteiger charge is -2.27. The van der Waals surface area contributed by atoms with E-state index < -0.39 is 11.4 Å². The Hall–Kier alpha value is -2.90. The minimum Gasteiger partial charge on any atom is -0.494 e. The number of para-hydroxylation sites is 1. The number of nitrogens with zero attached hydrogens (tertiary/aromatic N) is 3. The van der Waals surface area contributed by atoms with Gasteiger partial charge >= 0.3 is 0 Å². The molecule has 0 saturated carbocycles. The van der Waals surface area contributed by atoms with E-state index in [2.05, 4.69) is 22.1 Å². The zero-order valence-electron chi connectivity index (χ0n) is 19.8. The van der Waals surface area contributed by atoms with Gasteiger partial charge in [0.2, 0.25) is 0 Å². The summed E-state index contributed by atoms with van der Waals surface area (Å²) < 4.78 is 27.2. The van der Waals surface area contributed by atoms with E-state index >= 15 is 0 Å². The minimum atomic E-state index is -0.941. The summed E-state index contributed by atoms with van der Waals surface area (Å²) in [5.74, 6) is 0.661. The van der Waals surface area contributed by atoms with Gasteiger partial charge in [-0.3, -0.25) is 9.58 Å². The van der Waals surface area contributed by atoms with Crippen LogP contribution in [-0.4, -0.2) is 51.7 Å². The predicted molar refractivity (Wildman–Crippen MR) is 129 cm³/mol. The fourth-order valence-electron chi connectivity index (χ4n) is 4.27. The molecule has 4 rings (SSSR count). The molecule has 2 aromatic carbocycles. The monoisotopic (exact) mass is 467 g/mol. The Morgan fingerprint density at radius 1 is 1.06 bits per heavy atom. The van der Waals surface area contributed by atoms with Crippen molar-refractivity contribution < 1.29 is 19.0 Å². The van der Waals surface area contributed by atoms with Gasteiger partial charge < -0.3 is 14.6 Å². The molecule has 0 spiro atoms. The van der Waals surface area contributed by atoms with Crippen LogP contribution in [-0.2, 0) is 13.1 Å². The molecule has 0 aliphatic carbocycles. The van der Waals surface area contributed by atoms with Gasteiger partial charge in [-0.05, 0) is 68.1 Å². The highest BCUT2D eigenvalue weighted by Gasteiger charge is 2.31. The number of likely N-dealkylation sites (tertiary alicyclic amines) is 1. The van der Waals surface area contributed by atoms with Crippen LogP contribution >= 0.6 is 0 Å². The fourth-order valence-corrected chi connectivity index (χ4v) is 4.27. The predicted octanol–water partition coefficient (Wildman–Crippen LogP) is 4.60. The molecule has 1 atom stereocenters. The van der Waals surface area contributed by atoms with Crippen LogP contribution in [0.3, 0.4) is 0 Å². The maximum Gasteiger partial charge on any atom is 0.165 e. The van der Waals surface area contributed by atoms with Crippen molar-refractivity contribution in [3.8, 4) is 11.5 Å². The molecule has 1 N–H and O–H groups in total. The lowest BCUT2D eigenvalue weighted by atomic mass is 9.96. The quantitative estimate of drug-likeness (QED) is 0.442. The summed E-state index contributed by atoms with van der Waals surface area (Å²) in [7, 11) is 0. The third kappa shape index (κ3) is 7.05. The number of benzene rings is 2. The van der Waals surface area contributed by atoms with Crippen molar-refractivity contribution in [3.63, 3.8) is 0 Å². The number of hydrogen-bond acceptors (Lipinski definition) is 5. The van der Waals surface area contributed by atoms with Gasteiger partial charge in [-0.2, -0.15) is 5.10 Å². The molecule has 0 bridgehead atoms. The van der Waals surface area contributed by atoms with Crippen molar-refractivity contribution in [2.24, 2.45) is 0 Å². The van der Waals surface area contributed by atoms with Crippen LogP contribution in [0, 0.1) is 12.7 Å². The van der Waals surface area contributed by atoms with Gasteiger partial charge in [-0.15, -0.1) is 0 Å². The van der Waals surface area contributed by atoms with E-state index in [-0.39, 0.29) is 12.4 Å². The van der Waals surface area contributed by atoms with Gasteiger partial charge in [0.25, 0.3) is 0 Å². The third-order valence-electron chi connectivity index (χ3n) is 6.24. The van der Waals surface area contributed by atoms with Gasteiger partial charge in [0.05, 0.1) is 18.4 Å². The molecule has 1 aliphatic heterocycles. The summed E-state index contributed by atoms with van der Waals surface area (Å²) >= 11 is 0. The molecular formula is C27H34FN3O3. The molecule has 0 radical (unpaired) electrons. The molecule has 1 fully saturated rings. The second kappa shape index (κ2) is 11.5. The smallest absolute Gasteiger partial charge is 0.165 e. The van der Waals surface area contributed by atoms with E-state index in [0.717, 1.165) is 44.8 Å². The number of aromatic nitrogens is 2. The molecule has 1 saturated heterocycles. The summed E-state index contributed by atoms with van der Waals surface area (Å²) in [4.78, 5) is 2.35. The highest BCUT2D eigenvalue weighted by Crippen LogP contribution is 2.26. The lowest BCUT2D eigenvalue weighted by molar-refractivity contribution is -0.0177. The van der Waals surface area contributed by atoms with Crippen molar-refractivity contribution >= 4 is 0 Å². The van der Waals surface area contributed by atoms with E-state index in [9.17, 15) is 9.50 Å². The van der Waals surface area contributed by atoms with E-state index in [0.29, 0.717) is 19.4 Å². The van der Waals surface area contributed by atoms with Crippen LogP contribution in [0.5, 0.6) is 11.5 Å². The molecule has 0 amide bonds. The molecule has 182 valence electrons. The van der Waals surface area contributed by atoms with Crippen LogP contribution in [0.25, 0.3) is 0 Å². The summed E-state index contributed by atoms with van der Waals surface area (Å²) in [5, 5.41) is 15.3. The molecule has 2 heterocycles. The van der Waals surface area contributed by atoms with Crippen molar-refractivity contribution in [1.82, 2.24) is 14.7 Å². The van der Waals surface area contributed by atoms with Crippen LogP contribution in [0.1, 0.15) is 36.8 Å². The Morgan fingerprint density at radius 3 is 2.65 bits per heavy atom. The van der Waals surface area contributed by atoms with E-state index in [1.54, 1.807) is 18.2 Å². The number of aryl methyl sites for hydroxylation is 2. The van der Waals surface area contributed by atoms with Crippen LogP contribution in [0.15, 0.2) is 60.9 Å². The highest BCUT2D eigenvalue weighted by atomic mass is 19.1. The topological polar surface area (TPSA) is 59.8 Å². The van der Waals surface area contributed by atoms with Gasteiger partial charge in [0, 0.05) is 32.3 Å². The van der Waals surface area contributed by atoms with Crippen molar-refractivity contribution in [1.29, 1.82) is 0 Å².